The summed E-state index contributed by atoms with van der Waals surface area (Å²) in [5.41, 5.74) is 1.28. The van der Waals surface area contributed by atoms with Gasteiger partial charge in [-0.2, -0.15) is 0 Å². The highest BCUT2D eigenvalue weighted by Crippen LogP contribution is 2.44. The van der Waals surface area contributed by atoms with Crippen molar-refractivity contribution in [2.45, 2.75) is 57.0 Å². The lowest BCUT2D eigenvalue weighted by atomic mass is 9.64. The zero-order valence-corrected chi connectivity index (χ0v) is 18.0. The molecule has 1 aromatic carbocycles. The number of hydrogen-bond donors (Lipinski definition) is 1. The third-order valence-electron chi connectivity index (χ3n) is 6.22. The summed E-state index contributed by atoms with van der Waals surface area (Å²) in [6, 6.07) is 7.01. The monoisotopic (exact) mass is 405 g/mol. The van der Waals surface area contributed by atoms with Crippen molar-refractivity contribution in [3.8, 4) is 0 Å². The van der Waals surface area contributed by atoms with Gasteiger partial charge in [0.25, 0.3) is 0 Å². The third kappa shape index (κ3) is 5.92. The van der Waals surface area contributed by atoms with Crippen molar-refractivity contribution < 1.29 is 13.9 Å². The number of halogens is 1. The molecule has 1 aliphatic carbocycles. The van der Waals surface area contributed by atoms with E-state index in [9.17, 15) is 4.39 Å². The first-order valence-electron chi connectivity index (χ1n) is 11.1. The van der Waals surface area contributed by atoms with Crippen LogP contribution in [0.2, 0.25) is 0 Å². The lowest BCUT2D eigenvalue weighted by molar-refractivity contribution is 0.00987. The van der Waals surface area contributed by atoms with Crippen molar-refractivity contribution in [2.75, 3.05) is 46.5 Å². The number of nitrogens with zero attached hydrogens (tertiary/aromatic N) is 2. The Morgan fingerprint density at radius 1 is 1.21 bits per heavy atom. The molecule has 0 spiro atoms. The van der Waals surface area contributed by atoms with Gasteiger partial charge in [0, 0.05) is 45.4 Å². The van der Waals surface area contributed by atoms with E-state index in [1.54, 1.807) is 19.2 Å². The highest BCUT2D eigenvalue weighted by molar-refractivity contribution is 5.80. The first-order valence-corrected chi connectivity index (χ1v) is 11.1. The summed E-state index contributed by atoms with van der Waals surface area (Å²) in [5.74, 6) is 0.825. The SMILES string of the molecule is CCNC(=NCC1(c2ccc(F)cc2)CCC1)N1CCC(OCCCOC)CC1. The summed E-state index contributed by atoms with van der Waals surface area (Å²) in [7, 11) is 1.73. The van der Waals surface area contributed by atoms with Crippen molar-refractivity contribution in [3.63, 3.8) is 0 Å². The molecule has 162 valence electrons. The maximum atomic E-state index is 13.3. The molecule has 0 atom stereocenters. The normalized spacial score (nSPS) is 19.8. The van der Waals surface area contributed by atoms with E-state index < -0.39 is 0 Å². The molecule has 0 unspecified atom stereocenters. The van der Waals surface area contributed by atoms with Crippen molar-refractivity contribution in [2.24, 2.45) is 4.99 Å². The van der Waals surface area contributed by atoms with Crippen LogP contribution in [-0.4, -0.2) is 63.5 Å². The average Bonchev–Trinajstić information content (AvgIpc) is 2.71. The maximum absolute atomic E-state index is 13.3. The summed E-state index contributed by atoms with van der Waals surface area (Å²) in [6.07, 6.45) is 6.81. The number of aliphatic imine (C=N–C) groups is 1. The Bertz CT molecular complexity index is 638. The molecule has 0 radical (unpaired) electrons. The highest BCUT2D eigenvalue weighted by Gasteiger charge is 2.38. The van der Waals surface area contributed by atoms with Crippen molar-refractivity contribution in [3.05, 3.63) is 35.6 Å². The fourth-order valence-corrected chi connectivity index (χ4v) is 4.28. The summed E-state index contributed by atoms with van der Waals surface area (Å²) >= 11 is 0. The second kappa shape index (κ2) is 10.9. The van der Waals surface area contributed by atoms with Crippen LogP contribution in [0.4, 0.5) is 4.39 Å². The minimum Gasteiger partial charge on any atom is -0.385 e. The van der Waals surface area contributed by atoms with E-state index in [1.165, 1.54) is 12.0 Å². The summed E-state index contributed by atoms with van der Waals surface area (Å²) in [6.45, 7) is 7.18. The topological polar surface area (TPSA) is 46.1 Å². The summed E-state index contributed by atoms with van der Waals surface area (Å²) in [4.78, 5) is 7.38. The Labute approximate surface area is 174 Å². The molecule has 1 aliphatic heterocycles. The molecule has 1 N–H and O–H groups in total. The fraction of sp³-hybridized carbons (Fsp3) is 0.696. The largest absolute Gasteiger partial charge is 0.385 e. The first-order chi connectivity index (χ1) is 14.2. The standard InChI is InChI=1S/C23H36FN3O2/c1-3-25-22(27-14-10-21(11-15-27)29-17-5-16-28-2)26-18-23(12-4-13-23)19-6-8-20(24)9-7-19/h6-9,21H,3-5,10-18H2,1-2H3,(H,25,26). The van der Waals surface area contributed by atoms with Crippen molar-refractivity contribution in [1.29, 1.82) is 0 Å². The third-order valence-corrected chi connectivity index (χ3v) is 6.22. The molecule has 3 rings (SSSR count). The number of guanidine groups is 1. The van der Waals surface area contributed by atoms with Gasteiger partial charge >= 0.3 is 0 Å². The molecule has 0 aromatic heterocycles. The van der Waals surface area contributed by atoms with Crippen LogP contribution >= 0.6 is 0 Å². The van der Waals surface area contributed by atoms with E-state index in [1.807, 2.05) is 12.1 Å². The molecular weight excluding hydrogens is 369 g/mol. The Balaban J connectivity index is 1.56. The van der Waals surface area contributed by atoms with Crippen LogP contribution in [0.5, 0.6) is 0 Å². The lowest BCUT2D eigenvalue weighted by Crippen LogP contribution is -2.48. The molecule has 1 heterocycles. The summed E-state index contributed by atoms with van der Waals surface area (Å²) in [5, 5.41) is 3.47. The molecule has 6 heteroatoms. The molecule has 29 heavy (non-hydrogen) atoms. The Hall–Kier alpha value is -1.66. The van der Waals surface area contributed by atoms with Gasteiger partial charge in [0.1, 0.15) is 5.82 Å². The number of hydrogen-bond acceptors (Lipinski definition) is 3. The van der Waals surface area contributed by atoms with Gasteiger partial charge in [0.2, 0.25) is 0 Å². The van der Waals surface area contributed by atoms with Crippen LogP contribution in [-0.2, 0) is 14.9 Å². The Morgan fingerprint density at radius 3 is 2.52 bits per heavy atom. The second-order valence-corrected chi connectivity index (χ2v) is 8.21. The van der Waals surface area contributed by atoms with Gasteiger partial charge in [-0.15, -0.1) is 0 Å². The number of piperidine rings is 1. The average molecular weight is 406 g/mol. The molecule has 1 saturated carbocycles. The van der Waals surface area contributed by atoms with Gasteiger partial charge in [-0.3, -0.25) is 4.99 Å². The van der Waals surface area contributed by atoms with E-state index in [2.05, 4.69) is 17.1 Å². The number of likely N-dealkylation sites (tertiary alicyclic amines) is 1. The first kappa shape index (κ1) is 22.0. The molecular formula is C23H36FN3O2. The van der Waals surface area contributed by atoms with Crippen LogP contribution in [0, 0.1) is 5.82 Å². The lowest BCUT2D eigenvalue weighted by Gasteiger charge is -2.42. The van der Waals surface area contributed by atoms with Crippen LogP contribution in [0.25, 0.3) is 0 Å². The van der Waals surface area contributed by atoms with Crippen LogP contribution in [0.15, 0.2) is 29.3 Å². The van der Waals surface area contributed by atoms with Gasteiger partial charge < -0.3 is 19.7 Å². The van der Waals surface area contributed by atoms with E-state index in [4.69, 9.17) is 14.5 Å². The Morgan fingerprint density at radius 2 is 1.93 bits per heavy atom. The minimum atomic E-state index is -0.174. The molecule has 0 bridgehead atoms. The highest BCUT2D eigenvalue weighted by atomic mass is 19.1. The van der Waals surface area contributed by atoms with Gasteiger partial charge in [-0.1, -0.05) is 18.6 Å². The number of ether oxygens (including phenoxy) is 2. The molecule has 1 aromatic rings. The van der Waals surface area contributed by atoms with Crippen molar-refractivity contribution in [1.82, 2.24) is 10.2 Å². The van der Waals surface area contributed by atoms with Crippen molar-refractivity contribution >= 4 is 5.96 Å². The van der Waals surface area contributed by atoms with Crippen LogP contribution in [0.3, 0.4) is 0 Å². The smallest absolute Gasteiger partial charge is 0.193 e. The van der Waals surface area contributed by atoms with E-state index in [-0.39, 0.29) is 11.2 Å². The quantitative estimate of drug-likeness (QED) is 0.386. The predicted octanol–water partition coefficient (Wildman–Crippen LogP) is 3.73. The van der Waals surface area contributed by atoms with Gasteiger partial charge in [-0.25, -0.2) is 4.39 Å². The van der Waals surface area contributed by atoms with Gasteiger partial charge in [0.05, 0.1) is 12.6 Å². The maximum Gasteiger partial charge on any atom is 0.193 e. The second-order valence-electron chi connectivity index (χ2n) is 8.21. The number of benzene rings is 1. The molecule has 1 saturated heterocycles. The van der Waals surface area contributed by atoms with Gasteiger partial charge in [0.15, 0.2) is 5.96 Å². The van der Waals surface area contributed by atoms with E-state index >= 15 is 0 Å². The molecule has 2 aliphatic rings. The van der Waals surface area contributed by atoms with E-state index in [0.717, 1.165) is 77.5 Å². The molecule has 2 fully saturated rings. The van der Waals surface area contributed by atoms with Crippen LogP contribution < -0.4 is 5.32 Å². The predicted molar refractivity (Wildman–Crippen MR) is 115 cm³/mol. The van der Waals surface area contributed by atoms with Crippen LogP contribution in [0.1, 0.15) is 51.0 Å². The molecule has 5 nitrogen and oxygen atoms in total. The Kier molecular flexibility index (Phi) is 8.30. The van der Waals surface area contributed by atoms with Gasteiger partial charge in [-0.05, 0) is 56.7 Å². The fourth-order valence-electron chi connectivity index (χ4n) is 4.28. The zero-order valence-electron chi connectivity index (χ0n) is 18.0. The minimum absolute atomic E-state index is 0.0666. The number of rotatable bonds is 9. The number of methoxy groups -OCH3 is 1. The molecule has 0 amide bonds. The number of nitrogens with one attached hydrogen (secondary N) is 1. The zero-order chi connectivity index (χ0) is 20.5. The summed E-state index contributed by atoms with van der Waals surface area (Å²) < 4.78 is 24.4. The van der Waals surface area contributed by atoms with E-state index in [0.29, 0.717) is 6.10 Å².